The molecule has 1 aliphatic carbocycles. The van der Waals surface area contributed by atoms with Crippen molar-refractivity contribution in [2.45, 2.75) is 39.2 Å². The minimum atomic E-state index is -0.879. The van der Waals surface area contributed by atoms with Crippen molar-refractivity contribution < 1.29 is 14.6 Å². The molecule has 3 nitrogen and oxygen atoms in total. The molecule has 4 heteroatoms. The maximum Gasteiger partial charge on any atom is 0.346 e. The van der Waals surface area contributed by atoms with Gasteiger partial charge in [-0.05, 0) is 31.1 Å². The fourth-order valence-corrected chi connectivity index (χ4v) is 2.94. The highest BCUT2D eigenvalue weighted by atomic mass is 32.1. The van der Waals surface area contributed by atoms with Gasteiger partial charge in [-0.1, -0.05) is 13.8 Å². The molecule has 0 saturated heterocycles. The van der Waals surface area contributed by atoms with Crippen molar-refractivity contribution in [1.82, 2.24) is 0 Å². The Bertz CT molecular complexity index is 399. The quantitative estimate of drug-likeness (QED) is 0.895. The van der Waals surface area contributed by atoms with Crippen molar-refractivity contribution in [3.05, 3.63) is 16.3 Å². The molecule has 1 saturated carbocycles. The molecular weight excluding hydrogens is 236 g/mol. The number of thiophene rings is 1. The summed E-state index contributed by atoms with van der Waals surface area (Å²) in [6.45, 7) is 4.55. The lowest BCUT2D eigenvalue weighted by Gasteiger charge is -2.31. The van der Waals surface area contributed by atoms with E-state index >= 15 is 0 Å². The van der Waals surface area contributed by atoms with Gasteiger partial charge in [0.1, 0.15) is 10.6 Å². The van der Waals surface area contributed by atoms with E-state index in [2.05, 4.69) is 13.8 Å². The van der Waals surface area contributed by atoms with Crippen LogP contribution in [0, 0.1) is 11.8 Å². The lowest BCUT2D eigenvalue weighted by Crippen LogP contribution is -2.28. The van der Waals surface area contributed by atoms with E-state index in [9.17, 15) is 4.79 Å². The van der Waals surface area contributed by atoms with Crippen LogP contribution in [0.15, 0.2) is 11.4 Å². The normalized spacial score (nSPS) is 28.9. The van der Waals surface area contributed by atoms with Crippen molar-refractivity contribution in [1.29, 1.82) is 0 Å². The number of carboxylic acids is 1. The molecule has 1 N–H and O–H groups in total. The van der Waals surface area contributed by atoms with Crippen molar-refractivity contribution >= 4 is 17.3 Å². The largest absolute Gasteiger partial charge is 0.490 e. The molecule has 1 aromatic heterocycles. The Morgan fingerprint density at radius 1 is 1.41 bits per heavy atom. The molecule has 3 unspecified atom stereocenters. The molecule has 1 heterocycles. The fourth-order valence-electron chi connectivity index (χ4n) is 2.29. The van der Waals surface area contributed by atoms with E-state index in [1.165, 1.54) is 17.8 Å². The number of carboxylic acid groups (broad SMARTS) is 1. The highest BCUT2D eigenvalue weighted by molar-refractivity contribution is 7.12. The molecule has 0 spiro atoms. The number of hydrogen-bond donors (Lipinski definition) is 1. The Labute approximate surface area is 105 Å². The van der Waals surface area contributed by atoms with Crippen molar-refractivity contribution in [3.8, 4) is 5.75 Å². The molecule has 17 heavy (non-hydrogen) atoms. The van der Waals surface area contributed by atoms with E-state index in [1.807, 2.05) is 0 Å². The predicted octanol–water partition coefficient (Wildman–Crippen LogP) is 3.65. The maximum absolute atomic E-state index is 10.8. The highest BCUT2D eigenvalue weighted by Gasteiger charge is 2.26. The second-order valence-electron chi connectivity index (χ2n) is 4.96. The van der Waals surface area contributed by atoms with Gasteiger partial charge in [0.2, 0.25) is 0 Å². The molecule has 1 aliphatic rings. The lowest BCUT2D eigenvalue weighted by atomic mass is 9.80. The van der Waals surface area contributed by atoms with Crippen molar-refractivity contribution in [2.75, 3.05) is 0 Å². The van der Waals surface area contributed by atoms with Gasteiger partial charge in [-0.3, -0.25) is 0 Å². The Balaban J connectivity index is 1.94. The topological polar surface area (TPSA) is 46.5 Å². The van der Waals surface area contributed by atoms with Crippen LogP contribution in [0.25, 0.3) is 0 Å². The third-order valence-corrected chi connectivity index (χ3v) is 4.54. The summed E-state index contributed by atoms with van der Waals surface area (Å²) in [6, 6.07) is 1.62. The highest BCUT2D eigenvalue weighted by Crippen LogP contribution is 2.32. The Morgan fingerprint density at radius 2 is 2.18 bits per heavy atom. The molecule has 0 amide bonds. The summed E-state index contributed by atoms with van der Waals surface area (Å²) in [4.78, 5) is 11.1. The molecule has 1 aromatic rings. The molecule has 3 atom stereocenters. The van der Waals surface area contributed by atoms with Gasteiger partial charge < -0.3 is 9.84 Å². The van der Waals surface area contributed by atoms with E-state index in [4.69, 9.17) is 9.84 Å². The van der Waals surface area contributed by atoms with Gasteiger partial charge in [-0.25, -0.2) is 4.79 Å². The van der Waals surface area contributed by atoms with Crippen LogP contribution in [0.4, 0.5) is 0 Å². The van der Waals surface area contributed by atoms with Gasteiger partial charge in [0.25, 0.3) is 0 Å². The van der Waals surface area contributed by atoms with E-state index in [0.29, 0.717) is 16.5 Å². The van der Waals surface area contributed by atoms with E-state index in [-0.39, 0.29) is 6.10 Å². The van der Waals surface area contributed by atoms with Crippen molar-refractivity contribution in [3.63, 3.8) is 0 Å². The second-order valence-corrected chi connectivity index (χ2v) is 5.87. The van der Waals surface area contributed by atoms with Gasteiger partial charge in [0.05, 0.1) is 6.10 Å². The van der Waals surface area contributed by atoms with Gasteiger partial charge in [-0.2, -0.15) is 0 Å². The minimum Gasteiger partial charge on any atom is -0.490 e. The van der Waals surface area contributed by atoms with Gasteiger partial charge in [0.15, 0.2) is 0 Å². The van der Waals surface area contributed by atoms with E-state index in [1.54, 1.807) is 11.4 Å². The van der Waals surface area contributed by atoms with Gasteiger partial charge in [-0.15, -0.1) is 11.3 Å². The summed E-state index contributed by atoms with van der Waals surface area (Å²) in [5.41, 5.74) is 0. The number of rotatable bonds is 3. The zero-order chi connectivity index (χ0) is 12.4. The van der Waals surface area contributed by atoms with Crippen LogP contribution >= 0.6 is 11.3 Å². The first-order valence-corrected chi connectivity index (χ1v) is 6.92. The van der Waals surface area contributed by atoms with Crippen LogP contribution < -0.4 is 4.74 Å². The molecule has 1 fully saturated rings. The predicted molar refractivity (Wildman–Crippen MR) is 67.9 cm³/mol. The zero-order valence-corrected chi connectivity index (χ0v) is 11.0. The summed E-state index contributed by atoms with van der Waals surface area (Å²) in [5, 5.41) is 10.6. The van der Waals surface area contributed by atoms with Crippen LogP contribution in [0.2, 0.25) is 0 Å². The fraction of sp³-hybridized carbons (Fsp3) is 0.615. The molecule has 2 rings (SSSR count). The average Bonchev–Trinajstić information content (AvgIpc) is 2.72. The Hall–Kier alpha value is -1.03. The summed E-state index contributed by atoms with van der Waals surface area (Å²) < 4.78 is 5.85. The van der Waals surface area contributed by atoms with Crippen LogP contribution in [0.1, 0.15) is 42.8 Å². The third kappa shape index (κ3) is 3.00. The zero-order valence-electron chi connectivity index (χ0n) is 10.2. The maximum atomic E-state index is 10.8. The minimum absolute atomic E-state index is 0.248. The van der Waals surface area contributed by atoms with E-state index in [0.717, 1.165) is 18.8 Å². The first-order chi connectivity index (χ1) is 8.06. The summed E-state index contributed by atoms with van der Waals surface area (Å²) in [7, 11) is 0. The number of carbonyl (C=O) groups is 1. The van der Waals surface area contributed by atoms with Crippen molar-refractivity contribution in [2.24, 2.45) is 11.8 Å². The monoisotopic (exact) mass is 254 g/mol. The molecule has 0 radical (unpaired) electrons. The van der Waals surface area contributed by atoms with Gasteiger partial charge in [0, 0.05) is 11.4 Å². The number of aromatic carboxylic acids is 1. The third-order valence-electron chi connectivity index (χ3n) is 3.64. The second kappa shape index (κ2) is 5.08. The van der Waals surface area contributed by atoms with Crippen LogP contribution in [0.3, 0.4) is 0 Å². The first kappa shape index (κ1) is 12.4. The standard InChI is InChI=1S/C13H18O3S/c1-8-3-4-10(5-9(8)2)16-11-6-12(13(14)15)17-7-11/h6-10H,3-5H2,1-2H3,(H,14,15). The Kier molecular flexibility index (Phi) is 3.72. The smallest absolute Gasteiger partial charge is 0.346 e. The van der Waals surface area contributed by atoms with Crippen LogP contribution in [-0.2, 0) is 0 Å². The molecule has 0 aromatic carbocycles. The number of hydrogen-bond acceptors (Lipinski definition) is 3. The molecule has 0 aliphatic heterocycles. The van der Waals surface area contributed by atoms with Gasteiger partial charge >= 0.3 is 5.97 Å². The summed E-state index contributed by atoms with van der Waals surface area (Å²) >= 11 is 1.22. The number of ether oxygens (including phenoxy) is 1. The SMILES string of the molecule is CC1CCC(Oc2csc(C(=O)O)c2)CC1C. The van der Waals surface area contributed by atoms with Crippen LogP contribution in [-0.4, -0.2) is 17.2 Å². The summed E-state index contributed by atoms with van der Waals surface area (Å²) in [6.07, 6.45) is 3.59. The molecular formula is C13H18O3S. The van der Waals surface area contributed by atoms with E-state index < -0.39 is 5.97 Å². The van der Waals surface area contributed by atoms with Crippen LogP contribution in [0.5, 0.6) is 5.75 Å². The lowest BCUT2D eigenvalue weighted by molar-refractivity contribution is 0.0700. The average molecular weight is 254 g/mol. The molecule has 0 bridgehead atoms. The first-order valence-electron chi connectivity index (χ1n) is 6.04. The molecule has 94 valence electrons. The summed E-state index contributed by atoms with van der Waals surface area (Å²) in [5.74, 6) is 1.29. The Morgan fingerprint density at radius 3 is 2.76 bits per heavy atom.